The molecule has 2 aromatic heterocycles. The quantitative estimate of drug-likeness (QED) is 0.846. The van der Waals surface area contributed by atoms with E-state index in [9.17, 15) is 0 Å². The molecule has 0 atom stereocenters. The summed E-state index contributed by atoms with van der Waals surface area (Å²) in [6.45, 7) is 5.11. The van der Waals surface area contributed by atoms with Crippen molar-refractivity contribution < 1.29 is 0 Å². The van der Waals surface area contributed by atoms with Gasteiger partial charge in [-0.3, -0.25) is 0 Å². The minimum absolute atomic E-state index is 0.521. The van der Waals surface area contributed by atoms with Crippen LogP contribution in [0.4, 0.5) is 11.6 Å². The van der Waals surface area contributed by atoms with Crippen LogP contribution in [0.5, 0.6) is 0 Å². The van der Waals surface area contributed by atoms with Gasteiger partial charge in [0.2, 0.25) is 0 Å². The minimum Gasteiger partial charge on any atom is -0.370 e. The van der Waals surface area contributed by atoms with Crippen LogP contribution in [-0.4, -0.2) is 34.6 Å². The van der Waals surface area contributed by atoms with Crippen molar-refractivity contribution in [2.24, 2.45) is 0 Å². The number of rotatable bonds is 3. The van der Waals surface area contributed by atoms with E-state index in [4.69, 9.17) is 16.6 Å². The Bertz CT molecular complexity index is 755. The Hall–Kier alpha value is -1.88. The van der Waals surface area contributed by atoms with Gasteiger partial charge in [-0.2, -0.15) is 0 Å². The van der Waals surface area contributed by atoms with Crippen LogP contribution in [0.1, 0.15) is 48.9 Å². The number of hydrogen-bond donors (Lipinski definition) is 1. The molecule has 5 nitrogen and oxygen atoms in total. The van der Waals surface area contributed by atoms with Crippen LogP contribution in [0.2, 0.25) is 5.15 Å². The first-order chi connectivity index (χ1) is 12.3. The van der Waals surface area contributed by atoms with Crippen molar-refractivity contribution in [2.75, 3.05) is 29.9 Å². The molecule has 132 valence electrons. The van der Waals surface area contributed by atoms with Gasteiger partial charge in [0.25, 0.3) is 0 Å². The molecular formula is C19H24ClN5. The Morgan fingerprint density at radius 3 is 2.88 bits per heavy atom. The first-order valence-electron chi connectivity index (χ1n) is 9.24. The molecule has 2 aromatic rings. The summed E-state index contributed by atoms with van der Waals surface area (Å²) in [6, 6.07) is 4.49. The molecular weight excluding hydrogens is 334 g/mol. The molecule has 2 aliphatic heterocycles. The first-order valence-corrected chi connectivity index (χ1v) is 9.62. The van der Waals surface area contributed by atoms with E-state index >= 15 is 0 Å². The number of nitrogens with zero attached hydrogens (tertiary/aromatic N) is 4. The summed E-state index contributed by atoms with van der Waals surface area (Å²) in [5.74, 6) is 2.62. The van der Waals surface area contributed by atoms with Gasteiger partial charge < -0.3 is 10.2 Å². The topological polar surface area (TPSA) is 53.9 Å². The fraction of sp³-hybridized carbons (Fsp3) is 0.526. The van der Waals surface area contributed by atoms with Gasteiger partial charge in [0, 0.05) is 36.8 Å². The summed E-state index contributed by atoms with van der Waals surface area (Å²) in [5, 5.41) is 4.03. The van der Waals surface area contributed by atoms with Crippen molar-refractivity contribution in [1.29, 1.82) is 0 Å². The van der Waals surface area contributed by atoms with E-state index in [1.165, 1.54) is 17.7 Å². The monoisotopic (exact) mass is 357 g/mol. The normalized spacial score (nSPS) is 17.9. The third-order valence-corrected chi connectivity index (χ3v) is 5.68. The molecule has 0 saturated carbocycles. The van der Waals surface area contributed by atoms with Crippen molar-refractivity contribution >= 4 is 23.2 Å². The van der Waals surface area contributed by atoms with E-state index in [2.05, 4.69) is 39.2 Å². The molecule has 0 radical (unpaired) electrons. The zero-order valence-electron chi connectivity index (χ0n) is 14.6. The van der Waals surface area contributed by atoms with E-state index in [1.807, 2.05) is 0 Å². The highest BCUT2D eigenvalue weighted by Crippen LogP contribution is 2.33. The summed E-state index contributed by atoms with van der Waals surface area (Å²) in [7, 11) is 0. The maximum absolute atomic E-state index is 6.25. The lowest BCUT2D eigenvalue weighted by Gasteiger charge is -2.34. The molecule has 25 heavy (non-hydrogen) atoms. The van der Waals surface area contributed by atoms with Crippen molar-refractivity contribution in [1.82, 2.24) is 15.0 Å². The van der Waals surface area contributed by atoms with Crippen LogP contribution in [0.25, 0.3) is 0 Å². The number of anilines is 2. The SMILES string of the molecule is CCc1c(Cl)ncnc1N1CCC(c2ccc3c(n2)NCCC3)CC1. The van der Waals surface area contributed by atoms with Gasteiger partial charge in [0.1, 0.15) is 23.1 Å². The highest BCUT2D eigenvalue weighted by atomic mass is 35.5. The number of fused-ring (bicyclic) bond motifs is 1. The highest BCUT2D eigenvalue weighted by Gasteiger charge is 2.25. The number of hydrogen-bond acceptors (Lipinski definition) is 5. The molecule has 4 heterocycles. The number of halogens is 1. The van der Waals surface area contributed by atoms with Crippen LogP contribution >= 0.6 is 11.6 Å². The number of aryl methyl sites for hydroxylation is 1. The second-order valence-electron chi connectivity index (χ2n) is 6.86. The van der Waals surface area contributed by atoms with Gasteiger partial charge in [-0.25, -0.2) is 15.0 Å². The largest absolute Gasteiger partial charge is 0.370 e. The van der Waals surface area contributed by atoms with Gasteiger partial charge in [-0.05, 0) is 43.7 Å². The Balaban J connectivity index is 1.48. The smallest absolute Gasteiger partial charge is 0.137 e. The molecule has 0 spiro atoms. The zero-order chi connectivity index (χ0) is 17.2. The summed E-state index contributed by atoms with van der Waals surface area (Å²) in [5.41, 5.74) is 3.64. The molecule has 0 unspecified atom stereocenters. The van der Waals surface area contributed by atoms with E-state index in [0.717, 1.165) is 62.5 Å². The lowest BCUT2D eigenvalue weighted by molar-refractivity contribution is 0.492. The number of pyridine rings is 1. The highest BCUT2D eigenvalue weighted by molar-refractivity contribution is 6.30. The Kier molecular flexibility index (Phi) is 4.75. The molecule has 0 aromatic carbocycles. The van der Waals surface area contributed by atoms with Crippen molar-refractivity contribution in [2.45, 2.75) is 44.9 Å². The molecule has 2 aliphatic rings. The lowest BCUT2D eigenvalue weighted by atomic mass is 9.92. The second kappa shape index (κ2) is 7.16. The average Bonchev–Trinajstić information content (AvgIpc) is 2.67. The van der Waals surface area contributed by atoms with Gasteiger partial charge >= 0.3 is 0 Å². The van der Waals surface area contributed by atoms with Crippen LogP contribution in [0, 0.1) is 0 Å². The standard InChI is InChI=1S/C19H24ClN5/c1-2-15-17(20)22-12-23-19(15)25-10-7-13(8-11-25)16-6-5-14-4-3-9-21-18(14)24-16/h5-6,12-13H,2-4,7-11H2,1H3,(H,21,24). The molecule has 0 bridgehead atoms. The molecule has 0 amide bonds. The van der Waals surface area contributed by atoms with Gasteiger partial charge in [-0.15, -0.1) is 0 Å². The Morgan fingerprint density at radius 1 is 1.24 bits per heavy atom. The molecule has 1 fully saturated rings. The van der Waals surface area contributed by atoms with Gasteiger partial charge in [0.05, 0.1) is 0 Å². The maximum atomic E-state index is 6.25. The fourth-order valence-corrected chi connectivity index (χ4v) is 4.18. The predicted octanol–water partition coefficient (Wildman–Crippen LogP) is 3.83. The third kappa shape index (κ3) is 3.30. The zero-order valence-corrected chi connectivity index (χ0v) is 15.4. The van der Waals surface area contributed by atoms with E-state index in [0.29, 0.717) is 11.1 Å². The molecule has 1 N–H and O–H groups in total. The van der Waals surface area contributed by atoms with Crippen molar-refractivity contribution in [3.8, 4) is 0 Å². The van der Waals surface area contributed by atoms with Crippen molar-refractivity contribution in [3.63, 3.8) is 0 Å². The van der Waals surface area contributed by atoms with Crippen LogP contribution < -0.4 is 10.2 Å². The lowest BCUT2D eigenvalue weighted by Crippen LogP contribution is -2.34. The molecule has 4 rings (SSSR count). The van der Waals surface area contributed by atoms with Gasteiger partial charge in [0.15, 0.2) is 0 Å². The Labute approximate surface area is 153 Å². The van der Waals surface area contributed by atoms with E-state index in [1.54, 1.807) is 6.33 Å². The minimum atomic E-state index is 0.521. The maximum Gasteiger partial charge on any atom is 0.137 e. The molecule has 6 heteroatoms. The molecule has 0 aliphatic carbocycles. The summed E-state index contributed by atoms with van der Waals surface area (Å²) in [6.07, 6.45) is 6.95. The Morgan fingerprint density at radius 2 is 2.08 bits per heavy atom. The van der Waals surface area contributed by atoms with Crippen LogP contribution in [-0.2, 0) is 12.8 Å². The number of aromatic nitrogens is 3. The summed E-state index contributed by atoms with van der Waals surface area (Å²) in [4.78, 5) is 15.9. The number of nitrogens with one attached hydrogen (secondary N) is 1. The van der Waals surface area contributed by atoms with Crippen LogP contribution in [0.15, 0.2) is 18.5 Å². The molecule has 1 saturated heterocycles. The van der Waals surface area contributed by atoms with Gasteiger partial charge in [-0.1, -0.05) is 24.6 Å². The third-order valence-electron chi connectivity index (χ3n) is 5.35. The van der Waals surface area contributed by atoms with Crippen molar-refractivity contribution in [3.05, 3.63) is 40.4 Å². The summed E-state index contributed by atoms with van der Waals surface area (Å²) >= 11 is 6.25. The first kappa shape index (κ1) is 16.6. The van der Waals surface area contributed by atoms with E-state index < -0.39 is 0 Å². The predicted molar refractivity (Wildman–Crippen MR) is 102 cm³/mol. The average molecular weight is 358 g/mol. The summed E-state index contributed by atoms with van der Waals surface area (Å²) < 4.78 is 0. The second-order valence-corrected chi connectivity index (χ2v) is 7.21. The van der Waals surface area contributed by atoms with E-state index in [-0.39, 0.29) is 0 Å². The van der Waals surface area contributed by atoms with Crippen LogP contribution in [0.3, 0.4) is 0 Å². The number of piperidine rings is 1. The fourth-order valence-electron chi connectivity index (χ4n) is 3.92.